The zero-order valence-electron chi connectivity index (χ0n) is 12.4. The molecule has 4 heteroatoms. The largest absolute Gasteiger partial charge is 0.494 e. The highest BCUT2D eigenvalue weighted by Gasteiger charge is 2.13. The average Bonchev–Trinajstić information content (AvgIpc) is 2.42. The Kier molecular flexibility index (Phi) is 4.58. The molecule has 3 nitrogen and oxygen atoms in total. The molecular formula is C17H18FNO2. The summed E-state index contributed by atoms with van der Waals surface area (Å²) >= 11 is 0. The van der Waals surface area contributed by atoms with Crippen molar-refractivity contribution >= 4 is 11.6 Å². The molecule has 1 amide bonds. The molecule has 0 fully saturated rings. The first-order valence-electron chi connectivity index (χ1n) is 6.82. The number of hydrogen-bond acceptors (Lipinski definition) is 2. The molecule has 2 aromatic rings. The van der Waals surface area contributed by atoms with Crippen LogP contribution in [-0.2, 0) is 0 Å². The highest BCUT2D eigenvalue weighted by atomic mass is 19.1. The summed E-state index contributed by atoms with van der Waals surface area (Å²) in [6.07, 6.45) is 0. The fraction of sp³-hybridized carbons (Fsp3) is 0.235. The molecule has 0 aliphatic heterocycles. The number of amides is 1. The molecule has 0 heterocycles. The van der Waals surface area contributed by atoms with E-state index in [2.05, 4.69) is 5.32 Å². The number of carbonyl (C=O) groups excluding carboxylic acids is 1. The minimum absolute atomic E-state index is 0.0360. The van der Waals surface area contributed by atoms with E-state index in [1.165, 1.54) is 12.1 Å². The van der Waals surface area contributed by atoms with Gasteiger partial charge in [-0.05, 0) is 62.2 Å². The van der Waals surface area contributed by atoms with Gasteiger partial charge in [0.25, 0.3) is 5.91 Å². The molecule has 2 aromatic carbocycles. The number of anilines is 1. The van der Waals surface area contributed by atoms with Gasteiger partial charge in [-0.3, -0.25) is 4.79 Å². The van der Waals surface area contributed by atoms with Gasteiger partial charge in [0.05, 0.1) is 12.2 Å². The van der Waals surface area contributed by atoms with Crippen molar-refractivity contribution in [2.75, 3.05) is 11.9 Å². The smallest absolute Gasteiger partial charge is 0.258 e. The number of rotatable bonds is 4. The Hall–Kier alpha value is -2.36. The second kappa shape index (κ2) is 6.39. The van der Waals surface area contributed by atoms with Crippen LogP contribution in [0.25, 0.3) is 0 Å². The standard InChI is InChI=1S/C17H18FNO2/c1-4-21-13-6-8-16(12(3)10-13)19-17(20)14-7-5-11(2)9-15(14)18/h5-10H,4H2,1-3H3,(H,19,20). The molecule has 0 spiro atoms. The van der Waals surface area contributed by atoms with Crippen LogP contribution in [0.3, 0.4) is 0 Å². The molecule has 0 aliphatic carbocycles. The third-order valence-electron chi connectivity index (χ3n) is 3.13. The summed E-state index contributed by atoms with van der Waals surface area (Å²) in [5.74, 6) is -0.231. The fourth-order valence-corrected chi connectivity index (χ4v) is 2.03. The maximum atomic E-state index is 13.8. The Morgan fingerprint density at radius 2 is 1.95 bits per heavy atom. The molecule has 0 saturated carbocycles. The summed E-state index contributed by atoms with van der Waals surface area (Å²) in [5, 5.41) is 2.72. The van der Waals surface area contributed by atoms with E-state index in [9.17, 15) is 9.18 Å². The van der Waals surface area contributed by atoms with Gasteiger partial charge >= 0.3 is 0 Å². The molecule has 0 aromatic heterocycles. The normalized spacial score (nSPS) is 10.3. The molecule has 0 atom stereocenters. The molecule has 0 aliphatic rings. The van der Waals surface area contributed by atoms with Gasteiger partial charge in [0.2, 0.25) is 0 Å². The molecule has 21 heavy (non-hydrogen) atoms. The second-order valence-corrected chi connectivity index (χ2v) is 4.85. The molecular weight excluding hydrogens is 269 g/mol. The summed E-state index contributed by atoms with van der Waals surface area (Å²) in [6, 6.07) is 9.92. The number of hydrogen-bond donors (Lipinski definition) is 1. The first-order valence-corrected chi connectivity index (χ1v) is 6.82. The van der Waals surface area contributed by atoms with Gasteiger partial charge in [0.15, 0.2) is 0 Å². The van der Waals surface area contributed by atoms with E-state index in [0.717, 1.165) is 16.9 Å². The van der Waals surface area contributed by atoms with Crippen molar-refractivity contribution in [3.8, 4) is 5.75 Å². The van der Waals surface area contributed by atoms with E-state index in [-0.39, 0.29) is 5.56 Å². The predicted octanol–water partition coefficient (Wildman–Crippen LogP) is 4.09. The lowest BCUT2D eigenvalue weighted by Crippen LogP contribution is -2.14. The minimum Gasteiger partial charge on any atom is -0.494 e. The van der Waals surface area contributed by atoms with Gasteiger partial charge in [0, 0.05) is 5.69 Å². The van der Waals surface area contributed by atoms with E-state index in [1.54, 1.807) is 25.1 Å². The summed E-state index contributed by atoms with van der Waals surface area (Å²) < 4.78 is 19.2. The van der Waals surface area contributed by atoms with E-state index in [1.807, 2.05) is 19.9 Å². The molecule has 0 saturated heterocycles. The van der Waals surface area contributed by atoms with E-state index < -0.39 is 11.7 Å². The van der Waals surface area contributed by atoms with Crippen molar-refractivity contribution in [1.82, 2.24) is 0 Å². The van der Waals surface area contributed by atoms with Crippen LogP contribution >= 0.6 is 0 Å². The highest BCUT2D eigenvalue weighted by Crippen LogP contribution is 2.22. The topological polar surface area (TPSA) is 38.3 Å². The molecule has 110 valence electrons. The Balaban J connectivity index is 2.19. The van der Waals surface area contributed by atoms with Crippen LogP contribution in [0.2, 0.25) is 0 Å². The van der Waals surface area contributed by atoms with Crippen LogP contribution < -0.4 is 10.1 Å². The van der Waals surface area contributed by atoms with Crippen LogP contribution in [0, 0.1) is 19.7 Å². The Bertz CT molecular complexity index is 668. The molecule has 2 rings (SSSR count). The maximum Gasteiger partial charge on any atom is 0.258 e. The van der Waals surface area contributed by atoms with Crippen LogP contribution in [0.15, 0.2) is 36.4 Å². The van der Waals surface area contributed by atoms with E-state index >= 15 is 0 Å². The Morgan fingerprint density at radius 3 is 2.57 bits per heavy atom. The number of carbonyl (C=O) groups is 1. The van der Waals surface area contributed by atoms with Gasteiger partial charge in [-0.2, -0.15) is 0 Å². The quantitative estimate of drug-likeness (QED) is 0.919. The lowest BCUT2D eigenvalue weighted by molar-refractivity contribution is 0.102. The SMILES string of the molecule is CCOc1ccc(NC(=O)c2ccc(C)cc2F)c(C)c1. The summed E-state index contributed by atoms with van der Waals surface area (Å²) in [4.78, 5) is 12.1. The zero-order valence-corrected chi connectivity index (χ0v) is 12.4. The minimum atomic E-state index is -0.518. The monoisotopic (exact) mass is 287 g/mol. The van der Waals surface area contributed by atoms with Crippen molar-refractivity contribution in [2.24, 2.45) is 0 Å². The van der Waals surface area contributed by atoms with Gasteiger partial charge in [-0.15, -0.1) is 0 Å². The molecule has 0 unspecified atom stereocenters. The van der Waals surface area contributed by atoms with Crippen molar-refractivity contribution in [2.45, 2.75) is 20.8 Å². The van der Waals surface area contributed by atoms with Crippen molar-refractivity contribution < 1.29 is 13.9 Å². The van der Waals surface area contributed by atoms with Crippen LogP contribution in [0.5, 0.6) is 5.75 Å². The first kappa shape index (κ1) is 15.0. The second-order valence-electron chi connectivity index (χ2n) is 4.85. The third-order valence-corrected chi connectivity index (χ3v) is 3.13. The molecule has 1 N–H and O–H groups in total. The Labute approximate surface area is 123 Å². The summed E-state index contributed by atoms with van der Waals surface area (Å²) in [7, 11) is 0. The van der Waals surface area contributed by atoms with Gasteiger partial charge < -0.3 is 10.1 Å². The van der Waals surface area contributed by atoms with Crippen LogP contribution in [0.1, 0.15) is 28.4 Å². The maximum absolute atomic E-state index is 13.8. The van der Waals surface area contributed by atoms with Gasteiger partial charge in [-0.1, -0.05) is 6.07 Å². The number of ether oxygens (including phenoxy) is 1. The first-order chi connectivity index (χ1) is 10.0. The number of nitrogens with one attached hydrogen (secondary N) is 1. The summed E-state index contributed by atoms with van der Waals surface area (Å²) in [6.45, 7) is 6.13. The molecule has 0 bridgehead atoms. The van der Waals surface area contributed by atoms with E-state index in [4.69, 9.17) is 4.74 Å². The van der Waals surface area contributed by atoms with E-state index in [0.29, 0.717) is 12.3 Å². The predicted molar refractivity (Wildman–Crippen MR) is 81.4 cm³/mol. The molecule has 0 radical (unpaired) electrons. The third kappa shape index (κ3) is 3.60. The highest BCUT2D eigenvalue weighted by molar-refractivity contribution is 6.04. The number of benzene rings is 2. The number of aryl methyl sites for hydroxylation is 2. The Morgan fingerprint density at radius 1 is 1.19 bits per heavy atom. The van der Waals surface area contributed by atoms with Crippen molar-refractivity contribution in [1.29, 1.82) is 0 Å². The van der Waals surface area contributed by atoms with Crippen LogP contribution in [-0.4, -0.2) is 12.5 Å². The van der Waals surface area contributed by atoms with Gasteiger partial charge in [-0.25, -0.2) is 4.39 Å². The lowest BCUT2D eigenvalue weighted by Gasteiger charge is -2.11. The number of halogens is 1. The summed E-state index contributed by atoms with van der Waals surface area (Å²) in [5.41, 5.74) is 2.32. The fourth-order valence-electron chi connectivity index (χ4n) is 2.03. The average molecular weight is 287 g/mol. The van der Waals surface area contributed by atoms with Gasteiger partial charge in [0.1, 0.15) is 11.6 Å². The van der Waals surface area contributed by atoms with Crippen LogP contribution in [0.4, 0.5) is 10.1 Å². The zero-order chi connectivity index (χ0) is 15.4. The van der Waals surface area contributed by atoms with Crippen molar-refractivity contribution in [3.63, 3.8) is 0 Å². The lowest BCUT2D eigenvalue weighted by atomic mass is 10.1. The van der Waals surface area contributed by atoms with Crippen molar-refractivity contribution in [3.05, 3.63) is 58.9 Å².